The molecule has 0 fully saturated rings. The summed E-state index contributed by atoms with van der Waals surface area (Å²) in [4.78, 5) is 2.27. The van der Waals surface area contributed by atoms with Crippen molar-refractivity contribution in [2.24, 2.45) is 5.73 Å². The Balaban J connectivity index is 2.01. The lowest BCUT2D eigenvalue weighted by Gasteiger charge is -2.17. The van der Waals surface area contributed by atoms with Crippen LogP contribution in [0.2, 0.25) is 0 Å². The minimum Gasteiger partial charge on any atom is -0.468 e. The summed E-state index contributed by atoms with van der Waals surface area (Å²) in [5.41, 5.74) is 9.50. The first-order valence-electron chi connectivity index (χ1n) is 6.19. The average Bonchev–Trinajstić information content (AvgIpc) is 2.79. The Bertz CT molecular complexity index is 505. The smallest absolute Gasteiger partial charge is 0.121 e. The Morgan fingerprint density at radius 2 is 1.83 bits per heavy atom. The highest BCUT2D eigenvalue weighted by molar-refractivity contribution is 5.25. The van der Waals surface area contributed by atoms with Crippen molar-refractivity contribution < 1.29 is 4.42 Å². The molecule has 1 aromatic carbocycles. The highest BCUT2D eigenvalue weighted by atomic mass is 16.3. The van der Waals surface area contributed by atoms with Crippen LogP contribution in [0.5, 0.6) is 0 Å². The molecule has 0 bridgehead atoms. The van der Waals surface area contributed by atoms with Gasteiger partial charge in [0.1, 0.15) is 5.76 Å². The first-order chi connectivity index (χ1) is 8.70. The zero-order valence-corrected chi connectivity index (χ0v) is 11.0. The highest BCUT2D eigenvalue weighted by Crippen LogP contribution is 2.15. The van der Waals surface area contributed by atoms with Gasteiger partial charge in [-0.1, -0.05) is 24.3 Å². The molecule has 0 aliphatic heterocycles. The molecule has 0 saturated carbocycles. The van der Waals surface area contributed by atoms with E-state index in [1.54, 1.807) is 6.26 Å². The van der Waals surface area contributed by atoms with E-state index in [-0.39, 0.29) is 0 Å². The molecule has 2 N–H and O–H groups in total. The number of aryl methyl sites for hydroxylation is 1. The van der Waals surface area contributed by atoms with Crippen LogP contribution >= 0.6 is 0 Å². The number of nitrogens with two attached hydrogens (primary N) is 1. The fourth-order valence-corrected chi connectivity index (χ4v) is 2.11. The molecule has 2 aromatic rings. The van der Waals surface area contributed by atoms with Crippen molar-refractivity contribution in [3.8, 4) is 0 Å². The van der Waals surface area contributed by atoms with Crippen molar-refractivity contribution in [3.05, 3.63) is 59.0 Å². The van der Waals surface area contributed by atoms with E-state index in [1.807, 2.05) is 6.07 Å². The van der Waals surface area contributed by atoms with Gasteiger partial charge < -0.3 is 10.2 Å². The highest BCUT2D eigenvalue weighted by Gasteiger charge is 2.08. The predicted octanol–water partition coefficient (Wildman–Crippen LogP) is 2.68. The van der Waals surface area contributed by atoms with Crippen molar-refractivity contribution in [3.63, 3.8) is 0 Å². The van der Waals surface area contributed by atoms with E-state index in [4.69, 9.17) is 10.2 Å². The molecule has 0 aliphatic carbocycles. The van der Waals surface area contributed by atoms with Gasteiger partial charge in [0.15, 0.2) is 0 Å². The molecule has 0 unspecified atom stereocenters. The summed E-state index contributed by atoms with van der Waals surface area (Å²) in [5.74, 6) is 0.881. The van der Waals surface area contributed by atoms with Gasteiger partial charge in [-0.05, 0) is 31.2 Å². The first-order valence-corrected chi connectivity index (χ1v) is 6.19. The monoisotopic (exact) mass is 244 g/mol. The second-order valence-electron chi connectivity index (χ2n) is 4.67. The first kappa shape index (κ1) is 12.9. The second kappa shape index (κ2) is 5.85. The van der Waals surface area contributed by atoms with Crippen molar-refractivity contribution in [2.75, 3.05) is 7.05 Å². The molecule has 3 nitrogen and oxygen atoms in total. The summed E-state index contributed by atoms with van der Waals surface area (Å²) in [6.45, 7) is 4.39. The predicted molar refractivity (Wildman–Crippen MR) is 72.9 cm³/mol. The van der Waals surface area contributed by atoms with Gasteiger partial charge in [0, 0.05) is 18.7 Å². The Morgan fingerprint density at radius 3 is 2.56 bits per heavy atom. The quantitative estimate of drug-likeness (QED) is 0.879. The lowest BCUT2D eigenvalue weighted by molar-refractivity contribution is 0.315. The van der Waals surface area contributed by atoms with Crippen LogP contribution < -0.4 is 5.73 Å². The Hall–Kier alpha value is -1.58. The van der Waals surface area contributed by atoms with E-state index in [1.165, 1.54) is 16.7 Å². The molecule has 1 heterocycles. The van der Waals surface area contributed by atoms with Crippen molar-refractivity contribution in [1.29, 1.82) is 0 Å². The van der Waals surface area contributed by atoms with E-state index in [2.05, 4.69) is 43.1 Å². The molecule has 3 heteroatoms. The summed E-state index contributed by atoms with van der Waals surface area (Å²) in [7, 11) is 2.11. The molecule has 1 aromatic heterocycles. The summed E-state index contributed by atoms with van der Waals surface area (Å²) in [6, 6.07) is 10.5. The Morgan fingerprint density at radius 1 is 1.11 bits per heavy atom. The lowest BCUT2D eigenvalue weighted by atomic mass is 10.1. The van der Waals surface area contributed by atoms with Crippen LogP contribution in [0.4, 0.5) is 0 Å². The molecule has 2 rings (SSSR count). The van der Waals surface area contributed by atoms with Gasteiger partial charge >= 0.3 is 0 Å². The standard InChI is InChI=1S/C15H20N2O/c1-12-5-3-4-6-13(12)10-17(2)11-14-7-8-18-15(14)9-16/h3-8H,9-11,16H2,1-2H3. The van der Waals surface area contributed by atoms with Gasteiger partial charge in [-0.3, -0.25) is 4.90 Å². The maximum Gasteiger partial charge on any atom is 0.121 e. The van der Waals surface area contributed by atoms with Crippen LogP contribution in [0.15, 0.2) is 41.0 Å². The molecule has 0 aliphatic rings. The topological polar surface area (TPSA) is 42.4 Å². The second-order valence-corrected chi connectivity index (χ2v) is 4.67. The van der Waals surface area contributed by atoms with E-state index in [0.29, 0.717) is 6.54 Å². The van der Waals surface area contributed by atoms with Crippen molar-refractivity contribution in [1.82, 2.24) is 4.90 Å². The molecule has 0 amide bonds. The zero-order chi connectivity index (χ0) is 13.0. The maximum absolute atomic E-state index is 5.64. The van der Waals surface area contributed by atoms with Crippen LogP contribution in [0, 0.1) is 6.92 Å². The zero-order valence-electron chi connectivity index (χ0n) is 11.0. The third kappa shape index (κ3) is 3.00. The Labute approximate surface area is 108 Å². The van der Waals surface area contributed by atoms with Gasteiger partial charge in [0.2, 0.25) is 0 Å². The molecule has 18 heavy (non-hydrogen) atoms. The minimum atomic E-state index is 0.459. The summed E-state index contributed by atoms with van der Waals surface area (Å²) in [5, 5.41) is 0. The van der Waals surface area contributed by atoms with Gasteiger partial charge in [0.05, 0.1) is 12.8 Å². The van der Waals surface area contributed by atoms with Gasteiger partial charge in [-0.2, -0.15) is 0 Å². The largest absolute Gasteiger partial charge is 0.468 e. The minimum absolute atomic E-state index is 0.459. The van der Waals surface area contributed by atoms with E-state index in [9.17, 15) is 0 Å². The van der Waals surface area contributed by atoms with E-state index in [0.717, 1.165) is 18.8 Å². The third-order valence-corrected chi connectivity index (χ3v) is 3.16. The van der Waals surface area contributed by atoms with Crippen LogP contribution in [0.1, 0.15) is 22.5 Å². The van der Waals surface area contributed by atoms with Crippen molar-refractivity contribution >= 4 is 0 Å². The van der Waals surface area contributed by atoms with Gasteiger partial charge in [-0.15, -0.1) is 0 Å². The molecule has 0 saturated heterocycles. The molecular formula is C15H20N2O. The van der Waals surface area contributed by atoms with Crippen LogP contribution in [-0.4, -0.2) is 11.9 Å². The van der Waals surface area contributed by atoms with Crippen molar-refractivity contribution in [2.45, 2.75) is 26.6 Å². The van der Waals surface area contributed by atoms with Crippen LogP contribution in [0.3, 0.4) is 0 Å². The average molecular weight is 244 g/mol. The van der Waals surface area contributed by atoms with Gasteiger partial charge in [-0.25, -0.2) is 0 Å². The summed E-state index contributed by atoms with van der Waals surface area (Å²) in [6.07, 6.45) is 1.71. The lowest BCUT2D eigenvalue weighted by Crippen LogP contribution is -2.18. The normalized spacial score (nSPS) is 11.1. The summed E-state index contributed by atoms with van der Waals surface area (Å²) < 4.78 is 5.34. The third-order valence-electron chi connectivity index (χ3n) is 3.16. The fraction of sp³-hybridized carbons (Fsp3) is 0.333. The molecule has 0 radical (unpaired) electrons. The molecule has 96 valence electrons. The summed E-state index contributed by atoms with van der Waals surface area (Å²) >= 11 is 0. The fourth-order valence-electron chi connectivity index (χ4n) is 2.11. The number of benzene rings is 1. The number of furan rings is 1. The number of hydrogen-bond acceptors (Lipinski definition) is 3. The number of hydrogen-bond donors (Lipinski definition) is 1. The van der Waals surface area contributed by atoms with Crippen LogP contribution in [-0.2, 0) is 19.6 Å². The molecule has 0 spiro atoms. The molecule has 0 atom stereocenters. The van der Waals surface area contributed by atoms with E-state index < -0.39 is 0 Å². The van der Waals surface area contributed by atoms with Crippen LogP contribution in [0.25, 0.3) is 0 Å². The SMILES string of the molecule is Cc1ccccc1CN(C)Cc1ccoc1CN. The Kier molecular flexibility index (Phi) is 4.18. The number of nitrogens with zero attached hydrogens (tertiary/aromatic N) is 1. The number of rotatable bonds is 5. The molecular weight excluding hydrogens is 224 g/mol. The maximum atomic E-state index is 5.64. The van der Waals surface area contributed by atoms with Gasteiger partial charge in [0.25, 0.3) is 0 Å². The van der Waals surface area contributed by atoms with E-state index >= 15 is 0 Å².